The van der Waals surface area contributed by atoms with Crippen LogP contribution in [0.3, 0.4) is 0 Å². The zero-order valence-corrected chi connectivity index (χ0v) is 52.9. The van der Waals surface area contributed by atoms with E-state index in [4.69, 9.17) is 18.9 Å². The number of nitrogens with zero attached hydrogens (tertiary/aromatic N) is 1. The highest BCUT2D eigenvalue weighted by atomic mass is 16.7. The minimum absolute atomic E-state index is 0.183. The van der Waals surface area contributed by atoms with Crippen LogP contribution in [0, 0.1) is 0 Å². The number of unbranched alkanes of at least 4 members (excludes halogenated alkanes) is 27. The number of carbonyl (C=O) groups is 3. The molecule has 0 aliphatic heterocycles. The van der Waals surface area contributed by atoms with Gasteiger partial charge in [0.15, 0.2) is 6.10 Å². The quantitative estimate of drug-likeness (QED) is 0.0211. The monoisotopic (exact) mass is 1130 g/mol. The topological polar surface area (TPSA) is 108 Å². The molecule has 0 heterocycles. The maximum atomic E-state index is 12.9. The Hall–Kier alpha value is -4.05. The summed E-state index contributed by atoms with van der Waals surface area (Å²) in [5, 5.41) is 9.71. The van der Waals surface area contributed by atoms with E-state index in [-0.39, 0.29) is 38.6 Å². The predicted octanol–water partition coefficient (Wildman–Crippen LogP) is 20.2. The van der Waals surface area contributed by atoms with Crippen molar-refractivity contribution in [2.75, 3.05) is 47.5 Å². The molecule has 2 unspecified atom stereocenters. The van der Waals surface area contributed by atoms with Crippen LogP contribution in [0.15, 0.2) is 109 Å². The molecule has 81 heavy (non-hydrogen) atoms. The van der Waals surface area contributed by atoms with Crippen molar-refractivity contribution in [3.63, 3.8) is 0 Å². The van der Waals surface area contributed by atoms with Gasteiger partial charge in [0.25, 0.3) is 6.29 Å². The molecule has 9 nitrogen and oxygen atoms in total. The minimum atomic E-state index is -1.52. The minimum Gasteiger partial charge on any atom is -0.477 e. The molecule has 0 spiro atoms. The number of carboxylic acids is 1. The third kappa shape index (κ3) is 63.4. The molecule has 0 aromatic carbocycles. The second-order valence-electron chi connectivity index (χ2n) is 23.0. The number of carboxylic acid groups (broad SMARTS) is 1. The van der Waals surface area contributed by atoms with E-state index in [0.29, 0.717) is 11.0 Å². The Labute approximate surface area is 498 Å². The van der Waals surface area contributed by atoms with E-state index in [9.17, 15) is 19.5 Å². The number of allylic oxidation sites excluding steroid dienone is 18. The molecule has 0 fully saturated rings. The van der Waals surface area contributed by atoms with Gasteiger partial charge >= 0.3 is 17.9 Å². The number of aliphatic carboxylic acids is 1. The van der Waals surface area contributed by atoms with Crippen molar-refractivity contribution in [3.8, 4) is 0 Å². The van der Waals surface area contributed by atoms with Crippen LogP contribution in [0.1, 0.15) is 271 Å². The number of rotatable bonds is 60. The van der Waals surface area contributed by atoms with E-state index < -0.39 is 24.3 Å². The van der Waals surface area contributed by atoms with Crippen LogP contribution in [0.4, 0.5) is 0 Å². The first-order chi connectivity index (χ1) is 39.6. The normalized spacial score (nSPS) is 13.4. The van der Waals surface area contributed by atoms with E-state index in [1.54, 1.807) is 0 Å². The molecule has 0 amide bonds. The molecule has 1 N–H and O–H groups in total. The highest BCUT2D eigenvalue weighted by Gasteiger charge is 2.25. The van der Waals surface area contributed by atoms with Gasteiger partial charge in [0.05, 0.1) is 34.4 Å². The van der Waals surface area contributed by atoms with Gasteiger partial charge in [-0.2, -0.15) is 0 Å². The first-order valence-corrected chi connectivity index (χ1v) is 33.1. The molecule has 0 radical (unpaired) electrons. The van der Waals surface area contributed by atoms with E-state index in [2.05, 4.69) is 123 Å². The zero-order valence-electron chi connectivity index (χ0n) is 52.9. The number of likely N-dealkylation sites (N-methyl/N-ethyl adjacent to an activating group) is 1. The largest absolute Gasteiger partial charge is 0.477 e. The van der Waals surface area contributed by atoms with E-state index >= 15 is 0 Å². The van der Waals surface area contributed by atoms with Crippen molar-refractivity contribution in [2.24, 2.45) is 0 Å². The van der Waals surface area contributed by atoms with Crippen LogP contribution in [0.5, 0.6) is 0 Å². The number of quaternary nitrogens is 1. The molecule has 2 atom stereocenters. The fraction of sp³-hybridized carbons (Fsp3) is 0.708. The summed E-state index contributed by atoms with van der Waals surface area (Å²) in [6, 6.07) is 0. The fourth-order valence-corrected chi connectivity index (χ4v) is 8.97. The van der Waals surface area contributed by atoms with Gasteiger partial charge in [0.1, 0.15) is 13.2 Å². The second-order valence-corrected chi connectivity index (χ2v) is 23.0. The molecule has 0 aliphatic rings. The highest BCUT2D eigenvalue weighted by Crippen LogP contribution is 2.17. The van der Waals surface area contributed by atoms with E-state index in [1.807, 2.05) is 21.1 Å². The number of ether oxygens (including phenoxy) is 4. The molecule has 0 bridgehead atoms. The molecular weight excluding hydrogens is 1010 g/mol. The Morgan fingerprint density at radius 2 is 0.704 bits per heavy atom. The molecule has 0 aliphatic carbocycles. The Morgan fingerprint density at radius 1 is 0.383 bits per heavy atom. The average molecular weight is 1130 g/mol. The SMILES string of the molecule is CC/C=C\C/C=C\C/C=C\C/C=C\C/C=C\C/C=C\C/C=C\CCCCCCCCCCCCCCCCCCCCCC(=O)OC(COC(=O)CCCCCCC/C=C\C/C=C\CCCCC)COC(OCC[N+](C)(C)C)C(=O)O. The Bertz CT molecular complexity index is 1700. The van der Waals surface area contributed by atoms with Crippen LogP contribution >= 0.6 is 0 Å². The Morgan fingerprint density at radius 3 is 1.05 bits per heavy atom. The summed E-state index contributed by atoms with van der Waals surface area (Å²) in [6.45, 7) is 4.73. The first kappa shape index (κ1) is 77.0. The highest BCUT2D eigenvalue weighted by molar-refractivity contribution is 5.71. The summed E-state index contributed by atoms with van der Waals surface area (Å²) in [7, 11) is 5.97. The third-order valence-electron chi connectivity index (χ3n) is 14.0. The van der Waals surface area contributed by atoms with Gasteiger partial charge in [-0.25, -0.2) is 4.79 Å². The van der Waals surface area contributed by atoms with Crippen LogP contribution in [0.2, 0.25) is 0 Å². The van der Waals surface area contributed by atoms with Crippen LogP contribution in [-0.2, 0) is 33.3 Å². The molecular formula is C72H124NO8+. The van der Waals surface area contributed by atoms with Crippen LogP contribution in [0.25, 0.3) is 0 Å². The zero-order chi connectivity index (χ0) is 59.1. The van der Waals surface area contributed by atoms with Crippen molar-refractivity contribution in [2.45, 2.75) is 283 Å². The van der Waals surface area contributed by atoms with Gasteiger partial charge in [-0.1, -0.05) is 264 Å². The maximum Gasteiger partial charge on any atom is 0.361 e. The van der Waals surface area contributed by atoms with Crippen molar-refractivity contribution < 1.29 is 42.9 Å². The average Bonchev–Trinajstić information content (AvgIpc) is 3.44. The Balaban J connectivity index is 4.01. The van der Waals surface area contributed by atoms with E-state index in [0.717, 1.165) is 109 Å². The smallest absolute Gasteiger partial charge is 0.361 e. The summed E-state index contributed by atoms with van der Waals surface area (Å²) in [5.41, 5.74) is 0. The molecule has 0 saturated carbocycles. The lowest BCUT2D eigenvalue weighted by Gasteiger charge is -2.25. The summed E-state index contributed by atoms with van der Waals surface area (Å²) >= 11 is 0. The van der Waals surface area contributed by atoms with Gasteiger partial charge in [0.2, 0.25) is 0 Å². The predicted molar refractivity (Wildman–Crippen MR) is 345 cm³/mol. The molecule has 0 rings (SSSR count). The third-order valence-corrected chi connectivity index (χ3v) is 14.0. The second kappa shape index (κ2) is 62.0. The van der Waals surface area contributed by atoms with Crippen molar-refractivity contribution >= 4 is 17.9 Å². The van der Waals surface area contributed by atoms with Gasteiger partial charge in [-0.3, -0.25) is 9.59 Å². The number of carbonyl (C=O) groups excluding carboxylic acids is 2. The summed E-state index contributed by atoms with van der Waals surface area (Å²) in [6.07, 6.45) is 83.4. The number of esters is 2. The van der Waals surface area contributed by atoms with Gasteiger partial charge < -0.3 is 28.5 Å². The lowest BCUT2D eigenvalue weighted by atomic mass is 10.0. The standard InChI is InChI=1S/C72H123NO8/c1-6-8-10-12-14-16-18-20-22-23-24-25-26-27-28-29-30-31-32-33-34-35-36-37-38-39-40-41-42-43-44-45-46-47-49-51-53-55-57-59-61-63-70(75)81-68(67-80-72(71(76)77)78-65-64-73(3,4)5)66-79-69(74)62-60-58-56-54-52-50-48-21-19-17-15-13-11-9-7-2/h8,10,14-17,20-22,24-25,27-28,30-31,33-34,48,68,72H,6-7,9,11-13,18-19,23,26,29,32,35-47,49-67H2,1-5H3/p+1/b10-8-,16-14-,17-15-,22-20-,25-24-,28-27-,31-30-,34-33-,48-21-. The number of hydrogen-bond acceptors (Lipinski definition) is 7. The summed E-state index contributed by atoms with van der Waals surface area (Å²) in [4.78, 5) is 37.4. The van der Waals surface area contributed by atoms with Crippen LogP contribution in [-0.4, -0.2) is 87.4 Å². The fourth-order valence-electron chi connectivity index (χ4n) is 8.97. The molecule has 464 valence electrons. The molecule has 0 aromatic heterocycles. The van der Waals surface area contributed by atoms with Crippen molar-refractivity contribution in [3.05, 3.63) is 109 Å². The maximum absolute atomic E-state index is 12.9. The van der Waals surface area contributed by atoms with Crippen molar-refractivity contribution in [1.82, 2.24) is 0 Å². The van der Waals surface area contributed by atoms with Gasteiger partial charge in [-0.15, -0.1) is 0 Å². The number of hydrogen-bond donors (Lipinski definition) is 1. The molecule has 9 heteroatoms. The molecule has 0 aromatic rings. The van der Waals surface area contributed by atoms with E-state index in [1.165, 1.54) is 135 Å². The lowest BCUT2D eigenvalue weighted by Crippen LogP contribution is -2.40. The first-order valence-electron chi connectivity index (χ1n) is 33.1. The summed E-state index contributed by atoms with van der Waals surface area (Å²) in [5.74, 6) is -2.02. The van der Waals surface area contributed by atoms with Gasteiger partial charge in [0, 0.05) is 12.8 Å². The van der Waals surface area contributed by atoms with Crippen LogP contribution < -0.4 is 0 Å². The molecule has 0 saturated heterocycles. The summed E-state index contributed by atoms with van der Waals surface area (Å²) < 4.78 is 22.9. The van der Waals surface area contributed by atoms with Crippen molar-refractivity contribution in [1.29, 1.82) is 0 Å². The lowest BCUT2D eigenvalue weighted by molar-refractivity contribution is -0.870. The Kier molecular flexibility index (Phi) is 58.9. The van der Waals surface area contributed by atoms with Gasteiger partial charge in [-0.05, 0) is 103 Å².